The summed E-state index contributed by atoms with van der Waals surface area (Å²) in [7, 11) is 1.69. The Bertz CT molecular complexity index is 140. The molecule has 0 bridgehead atoms. The Balaban J connectivity index is 2.49. The van der Waals surface area contributed by atoms with Crippen LogP contribution in [0.3, 0.4) is 0 Å². The van der Waals surface area contributed by atoms with E-state index in [0.29, 0.717) is 12.2 Å². The van der Waals surface area contributed by atoms with Gasteiger partial charge in [0.15, 0.2) is 0 Å². The third kappa shape index (κ3) is 2.54. The van der Waals surface area contributed by atoms with Gasteiger partial charge in [0.2, 0.25) is 0 Å². The first kappa shape index (κ1) is 8.60. The minimum absolute atomic E-state index is 0.347. The van der Waals surface area contributed by atoms with Crippen LogP contribution in [0, 0.1) is 0 Å². The lowest BCUT2D eigenvalue weighted by molar-refractivity contribution is -0.0115. The van der Waals surface area contributed by atoms with E-state index in [0.717, 1.165) is 12.8 Å². The van der Waals surface area contributed by atoms with Crippen LogP contribution in [-0.2, 0) is 9.47 Å². The van der Waals surface area contributed by atoms with Gasteiger partial charge in [0, 0.05) is 0 Å². The molecule has 0 aromatic rings. The quantitative estimate of drug-likeness (QED) is 0.541. The Morgan fingerprint density at radius 1 is 1.36 bits per heavy atom. The lowest BCUT2D eigenvalue weighted by atomic mass is 10.0. The molecule has 11 heavy (non-hydrogen) atoms. The third-order valence-electron chi connectivity index (χ3n) is 1.85. The Kier molecular flexibility index (Phi) is 2.94. The fourth-order valence-electron chi connectivity index (χ4n) is 1.58. The van der Waals surface area contributed by atoms with E-state index >= 15 is 0 Å². The molecule has 0 aliphatic carbocycles. The zero-order chi connectivity index (χ0) is 8.27. The second kappa shape index (κ2) is 3.77. The van der Waals surface area contributed by atoms with Gasteiger partial charge in [-0.05, 0) is 32.3 Å². The van der Waals surface area contributed by atoms with Gasteiger partial charge >= 0.3 is 0 Å². The van der Waals surface area contributed by atoms with E-state index in [1.54, 1.807) is 7.11 Å². The number of ether oxygens (including phenoxy) is 2. The average molecular weight is 156 g/mol. The fraction of sp³-hybridized carbons (Fsp3) is 0.778. The van der Waals surface area contributed by atoms with Gasteiger partial charge in [-0.2, -0.15) is 0 Å². The van der Waals surface area contributed by atoms with E-state index < -0.39 is 0 Å². The highest BCUT2D eigenvalue weighted by Gasteiger charge is 2.18. The van der Waals surface area contributed by atoms with Gasteiger partial charge in [-0.15, -0.1) is 0 Å². The molecule has 0 saturated carbocycles. The standard InChI is InChI=1S/C9H16O2/c1-7-4-9(6-10-3)5-8(2)11-7/h6-8H,4-5H2,1-3H3/t7-,8+. The molecule has 0 unspecified atom stereocenters. The molecular weight excluding hydrogens is 140 g/mol. The van der Waals surface area contributed by atoms with Gasteiger partial charge in [-0.3, -0.25) is 0 Å². The van der Waals surface area contributed by atoms with Crippen LogP contribution in [0.1, 0.15) is 26.7 Å². The first-order valence-corrected chi connectivity index (χ1v) is 4.08. The van der Waals surface area contributed by atoms with Crippen molar-refractivity contribution in [3.05, 3.63) is 11.8 Å². The molecule has 64 valence electrons. The fourth-order valence-corrected chi connectivity index (χ4v) is 1.58. The second-order valence-corrected chi connectivity index (χ2v) is 3.18. The highest BCUT2D eigenvalue weighted by molar-refractivity contribution is 5.03. The van der Waals surface area contributed by atoms with Crippen LogP contribution in [0.15, 0.2) is 11.8 Å². The molecule has 0 aromatic heterocycles. The molecule has 0 aromatic carbocycles. The maximum absolute atomic E-state index is 5.57. The van der Waals surface area contributed by atoms with Crippen molar-refractivity contribution in [3.8, 4) is 0 Å². The molecule has 0 radical (unpaired) electrons. The second-order valence-electron chi connectivity index (χ2n) is 3.18. The number of rotatable bonds is 1. The van der Waals surface area contributed by atoms with Gasteiger partial charge in [0.25, 0.3) is 0 Å². The van der Waals surface area contributed by atoms with Crippen LogP contribution in [0.2, 0.25) is 0 Å². The van der Waals surface area contributed by atoms with Gasteiger partial charge in [0.05, 0.1) is 25.6 Å². The summed E-state index contributed by atoms with van der Waals surface area (Å²) in [5.74, 6) is 0. The van der Waals surface area contributed by atoms with Crippen LogP contribution in [0.25, 0.3) is 0 Å². The normalized spacial score (nSPS) is 35.7. The summed E-state index contributed by atoms with van der Waals surface area (Å²) in [6, 6.07) is 0. The Morgan fingerprint density at radius 2 is 1.91 bits per heavy atom. The van der Waals surface area contributed by atoms with Gasteiger partial charge in [-0.25, -0.2) is 0 Å². The van der Waals surface area contributed by atoms with Crippen LogP contribution >= 0.6 is 0 Å². The van der Waals surface area contributed by atoms with Crippen molar-refractivity contribution >= 4 is 0 Å². The maximum Gasteiger partial charge on any atom is 0.0818 e. The molecule has 2 nitrogen and oxygen atoms in total. The summed E-state index contributed by atoms with van der Waals surface area (Å²) in [5, 5.41) is 0. The topological polar surface area (TPSA) is 18.5 Å². The Labute approximate surface area is 68.2 Å². The van der Waals surface area contributed by atoms with E-state index in [2.05, 4.69) is 13.8 Å². The minimum Gasteiger partial charge on any atom is -0.504 e. The van der Waals surface area contributed by atoms with Crippen LogP contribution in [-0.4, -0.2) is 19.3 Å². The minimum atomic E-state index is 0.347. The van der Waals surface area contributed by atoms with Crippen molar-refractivity contribution in [1.82, 2.24) is 0 Å². The first-order valence-electron chi connectivity index (χ1n) is 4.08. The molecule has 0 amide bonds. The zero-order valence-corrected chi connectivity index (χ0v) is 7.46. The predicted octanol–water partition coefficient (Wildman–Crippen LogP) is 2.10. The molecule has 1 rings (SSSR count). The van der Waals surface area contributed by atoms with Crippen LogP contribution < -0.4 is 0 Å². The molecule has 0 N–H and O–H groups in total. The molecular formula is C9H16O2. The number of hydrogen-bond donors (Lipinski definition) is 0. The van der Waals surface area contributed by atoms with E-state index in [1.807, 2.05) is 6.26 Å². The lowest BCUT2D eigenvalue weighted by Crippen LogP contribution is -2.24. The van der Waals surface area contributed by atoms with Crippen molar-refractivity contribution in [2.24, 2.45) is 0 Å². The smallest absolute Gasteiger partial charge is 0.0818 e. The first-order chi connectivity index (χ1) is 5.22. The van der Waals surface area contributed by atoms with Gasteiger partial charge in [0.1, 0.15) is 0 Å². The van der Waals surface area contributed by atoms with Crippen molar-refractivity contribution < 1.29 is 9.47 Å². The van der Waals surface area contributed by atoms with Crippen LogP contribution in [0.5, 0.6) is 0 Å². The molecule has 2 atom stereocenters. The predicted molar refractivity (Wildman–Crippen MR) is 44.3 cm³/mol. The van der Waals surface area contributed by atoms with Crippen molar-refractivity contribution in [1.29, 1.82) is 0 Å². The summed E-state index contributed by atoms with van der Waals surface area (Å²) in [5.41, 5.74) is 1.36. The maximum atomic E-state index is 5.57. The number of methoxy groups -OCH3 is 1. The third-order valence-corrected chi connectivity index (χ3v) is 1.85. The summed E-state index contributed by atoms with van der Waals surface area (Å²) in [6.45, 7) is 4.19. The van der Waals surface area contributed by atoms with E-state index in [4.69, 9.17) is 9.47 Å². The SMILES string of the molecule is COC=C1C[C@@H](C)O[C@@H](C)C1. The highest BCUT2D eigenvalue weighted by atomic mass is 16.5. The van der Waals surface area contributed by atoms with E-state index in [-0.39, 0.29) is 0 Å². The van der Waals surface area contributed by atoms with Crippen LogP contribution in [0.4, 0.5) is 0 Å². The zero-order valence-electron chi connectivity index (χ0n) is 7.46. The summed E-state index contributed by atoms with van der Waals surface area (Å²) in [4.78, 5) is 0. The molecule has 1 aliphatic rings. The van der Waals surface area contributed by atoms with Crippen molar-refractivity contribution in [2.45, 2.75) is 38.9 Å². The summed E-state index contributed by atoms with van der Waals surface area (Å²) >= 11 is 0. The molecule has 0 spiro atoms. The highest BCUT2D eigenvalue weighted by Crippen LogP contribution is 2.23. The lowest BCUT2D eigenvalue weighted by Gasteiger charge is -2.26. The largest absolute Gasteiger partial charge is 0.504 e. The summed E-state index contributed by atoms with van der Waals surface area (Å²) in [6.07, 6.45) is 4.56. The van der Waals surface area contributed by atoms with E-state index in [1.165, 1.54) is 5.57 Å². The monoisotopic (exact) mass is 156 g/mol. The van der Waals surface area contributed by atoms with Gasteiger partial charge in [-0.1, -0.05) is 0 Å². The van der Waals surface area contributed by atoms with Crippen molar-refractivity contribution in [2.75, 3.05) is 7.11 Å². The molecule has 1 heterocycles. The molecule has 1 saturated heterocycles. The Hall–Kier alpha value is -0.500. The number of hydrogen-bond acceptors (Lipinski definition) is 2. The van der Waals surface area contributed by atoms with Crippen molar-refractivity contribution in [3.63, 3.8) is 0 Å². The molecule has 2 heteroatoms. The molecule has 1 fully saturated rings. The summed E-state index contributed by atoms with van der Waals surface area (Å²) < 4.78 is 10.5. The van der Waals surface area contributed by atoms with E-state index in [9.17, 15) is 0 Å². The van der Waals surface area contributed by atoms with Gasteiger partial charge < -0.3 is 9.47 Å². The average Bonchev–Trinajstić information content (AvgIpc) is 1.85. The molecule has 1 aliphatic heterocycles. The Morgan fingerprint density at radius 3 is 2.36 bits per heavy atom.